The predicted molar refractivity (Wildman–Crippen MR) is 215 cm³/mol. The first-order valence-corrected chi connectivity index (χ1v) is 17.4. The molecular formula is C47H31N5. The Morgan fingerprint density at radius 2 is 0.904 bits per heavy atom. The molecule has 0 spiro atoms. The number of pyridine rings is 1. The predicted octanol–water partition coefficient (Wildman–Crippen LogP) is 12.1. The molecular weight excluding hydrogens is 635 g/mol. The summed E-state index contributed by atoms with van der Waals surface area (Å²) in [4.78, 5) is 17.3. The van der Waals surface area contributed by atoms with Crippen LogP contribution in [0.1, 0.15) is 0 Å². The Labute approximate surface area is 300 Å². The molecule has 0 saturated heterocycles. The van der Waals surface area contributed by atoms with Gasteiger partial charge >= 0.3 is 0 Å². The van der Waals surface area contributed by atoms with E-state index in [0.717, 1.165) is 67.2 Å². The lowest BCUT2D eigenvalue weighted by atomic mass is 10.0. The van der Waals surface area contributed by atoms with Crippen LogP contribution in [0.3, 0.4) is 0 Å². The minimum absolute atomic E-state index is 0.853. The van der Waals surface area contributed by atoms with Crippen molar-refractivity contribution in [3.63, 3.8) is 0 Å². The van der Waals surface area contributed by atoms with Gasteiger partial charge in [0.2, 0.25) is 0 Å². The zero-order valence-corrected chi connectivity index (χ0v) is 28.1. The SMILES string of the molecule is c1ccc(-c2nc3ccccc3nc2-c2ccc(N(c3ccc(-n4c5ccccc5c5ccccc54)cc3)c3cnc4ccccc4c3)cc2)cc1. The third-order valence-electron chi connectivity index (χ3n) is 9.80. The highest BCUT2D eigenvalue weighted by Crippen LogP contribution is 2.39. The molecule has 3 heterocycles. The minimum atomic E-state index is 0.853. The molecule has 3 aromatic heterocycles. The van der Waals surface area contributed by atoms with Crippen LogP contribution in [0.4, 0.5) is 17.1 Å². The molecule has 10 rings (SSSR count). The van der Waals surface area contributed by atoms with Crippen molar-refractivity contribution in [2.75, 3.05) is 4.90 Å². The Bertz CT molecular complexity index is 2840. The minimum Gasteiger partial charge on any atom is -0.309 e. The maximum absolute atomic E-state index is 5.14. The van der Waals surface area contributed by atoms with Gasteiger partial charge in [0.1, 0.15) is 0 Å². The molecule has 244 valence electrons. The molecule has 0 aliphatic heterocycles. The number of hydrogen-bond donors (Lipinski definition) is 0. The molecule has 0 amide bonds. The molecule has 5 nitrogen and oxygen atoms in total. The third kappa shape index (κ3) is 5.07. The van der Waals surface area contributed by atoms with Crippen molar-refractivity contribution in [1.29, 1.82) is 0 Å². The van der Waals surface area contributed by atoms with Gasteiger partial charge in [0.05, 0.1) is 50.9 Å². The Balaban J connectivity index is 1.10. The summed E-state index contributed by atoms with van der Waals surface area (Å²) in [6.07, 6.45) is 1.96. The number of rotatable bonds is 6. The highest BCUT2D eigenvalue weighted by molar-refractivity contribution is 6.09. The molecule has 0 N–H and O–H groups in total. The summed E-state index contributed by atoms with van der Waals surface area (Å²) >= 11 is 0. The van der Waals surface area contributed by atoms with Gasteiger partial charge in [-0.3, -0.25) is 4.98 Å². The van der Waals surface area contributed by atoms with Gasteiger partial charge in [0, 0.05) is 44.3 Å². The topological polar surface area (TPSA) is 46.8 Å². The number of fused-ring (bicyclic) bond motifs is 5. The van der Waals surface area contributed by atoms with E-state index in [9.17, 15) is 0 Å². The van der Waals surface area contributed by atoms with Crippen LogP contribution in [0.25, 0.3) is 71.9 Å². The van der Waals surface area contributed by atoms with Crippen molar-refractivity contribution in [3.8, 4) is 28.2 Å². The van der Waals surface area contributed by atoms with Crippen LogP contribution in [0.15, 0.2) is 188 Å². The summed E-state index contributed by atoms with van der Waals surface area (Å²) in [6.45, 7) is 0. The molecule has 5 heteroatoms. The smallest absolute Gasteiger partial charge is 0.0973 e. The fourth-order valence-electron chi connectivity index (χ4n) is 7.35. The zero-order chi connectivity index (χ0) is 34.4. The monoisotopic (exact) mass is 665 g/mol. The number of nitrogens with zero attached hydrogens (tertiary/aromatic N) is 5. The molecule has 0 unspecified atom stereocenters. The van der Waals surface area contributed by atoms with E-state index in [2.05, 4.69) is 137 Å². The van der Waals surface area contributed by atoms with Crippen LogP contribution >= 0.6 is 0 Å². The molecule has 52 heavy (non-hydrogen) atoms. The van der Waals surface area contributed by atoms with Gasteiger partial charge < -0.3 is 9.47 Å². The average Bonchev–Trinajstić information content (AvgIpc) is 3.56. The lowest BCUT2D eigenvalue weighted by Gasteiger charge is -2.26. The Kier molecular flexibility index (Phi) is 7.07. The van der Waals surface area contributed by atoms with E-state index >= 15 is 0 Å². The normalized spacial score (nSPS) is 11.5. The second kappa shape index (κ2) is 12.3. The highest BCUT2D eigenvalue weighted by atomic mass is 15.1. The fraction of sp³-hybridized carbons (Fsp3) is 0. The van der Waals surface area contributed by atoms with Gasteiger partial charge in [-0.15, -0.1) is 0 Å². The summed E-state index contributed by atoms with van der Waals surface area (Å²) in [6, 6.07) is 63.5. The van der Waals surface area contributed by atoms with Crippen LogP contribution in [0.5, 0.6) is 0 Å². The number of benzene rings is 7. The van der Waals surface area contributed by atoms with Gasteiger partial charge in [-0.05, 0) is 72.8 Å². The number of para-hydroxylation sites is 5. The lowest BCUT2D eigenvalue weighted by molar-refractivity contribution is 1.17. The van der Waals surface area contributed by atoms with E-state index in [1.807, 2.05) is 60.8 Å². The standard InChI is InChI=1S/C47H31N5/c1-2-12-32(13-3-1)46-47(50-43-19-9-8-18-42(43)49-46)33-22-24-35(25-23-33)51(38-30-34-14-4-7-17-41(34)48-31-38)36-26-28-37(29-27-36)52-44-20-10-5-15-39(44)40-16-6-11-21-45(40)52/h1-31H. The molecule has 0 fully saturated rings. The van der Waals surface area contributed by atoms with Crippen LogP contribution in [0, 0.1) is 0 Å². The maximum Gasteiger partial charge on any atom is 0.0973 e. The van der Waals surface area contributed by atoms with E-state index in [0.29, 0.717) is 0 Å². The van der Waals surface area contributed by atoms with E-state index < -0.39 is 0 Å². The van der Waals surface area contributed by atoms with Gasteiger partial charge in [-0.2, -0.15) is 0 Å². The molecule has 0 saturated carbocycles. The molecule has 0 bridgehead atoms. The highest BCUT2D eigenvalue weighted by Gasteiger charge is 2.18. The van der Waals surface area contributed by atoms with Crippen molar-refractivity contribution >= 4 is 60.8 Å². The van der Waals surface area contributed by atoms with Gasteiger partial charge in [0.15, 0.2) is 0 Å². The van der Waals surface area contributed by atoms with Crippen molar-refractivity contribution in [2.45, 2.75) is 0 Å². The Hall–Kier alpha value is -7.11. The van der Waals surface area contributed by atoms with E-state index in [-0.39, 0.29) is 0 Å². The summed E-state index contributed by atoms with van der Waals surface area (Å²) < 4.78 is 2.35. The Morgan fingerprint density at radius 3 is 1.54 bits per heavy atom. The molecule has 0 aliphatic carbocycles. The van der Waals surface area contributed by atoms with E-state index in [1.165, 1.54) is 21.8 Å². The van der Waals surface area contributed by atoms with Gasteiger partial charge in [-0.1, -0.05) is 109 Å². The van der Waals surface area contributed by atoms with Gasteiger partial charge in [-0.25, -0.2) is 9.97 Å². The first kappa shape index (κ1) is 29.8. The maximum atomic E-state index is 5.14. The van der Waals surface area contributed by atoms with Crippen molar-refractivity contribution in [3.05, 3.63) is 188 Å². The van der Waals surface area contributed by atoms with Crippen LogP contribution in [0.2, 0.25) is 0 Å². The second-order valence-electron chi connectivity index (χ2n) is 12.9. The Morgan fingerprint density at radius 1 is 0.404 bits per heavy atom. The molecule has 7 aromatic carbocycles. The molecule has 0 radical (unpaired) electrons. The van der Waals surface area contributed by atoms with Gasteiger partial charge in [0.25, 0.3) is 0 Å². The first-order valence-electron chi connectivity index (χ1n) is 17.4. The summed E-state index contributed by atoms with van der Waals surface area (Å²) in [7, 11) is 0. The summed E-state index contributed by atoms with van der Waals surface area (Å²) in [5.74, 6) is 0. The summed E-state index contributed by atoms with van der Waals surface area (Å²) in [5, 5.41) is 3.58. The van der Waals surface area contributed by atoms with Crippen molar-refractivity contribution in [2.24, 2.45) is 0 Å². The number of hydrogen-bond acceptors (Lipinski definition) is 4. The lowest BCUT2D eigenvalue weighted by Crippen LogP contribution is -2.10. The van der Waals surface area contributed by atoms with Crippen molar-refractivity contribution in [1.82, 2.24) is 19.5 Å². The number of anilines is 3. The zero-order valence-electron chi connectivity index (χ0n) is 28.1. The third-order valence-corrected chi connectivity index (χ3v) is 9.80. The molecule has 0 aliphatic rings. The molecule has 0 atom stereocenters. The average molecular weight is 666 g/mol. The quantitative estimate of drug-likeness (QED) is 0.177. The summed E-state index contributed by atoms with van der Waals surface area (Å²) in [5.41, 5.74) is 13.0. The van der Waals surface area contributed by atoms with Crippen molar-refractivity contribution < 1.29 is 0 Å². The van der Waals surface area contributed by atoms with Crippen LogP contribution < -0.4 is 4.90 Å². The van der Waals surface area contributed by atoms with E-state index in [4.69, 9.17) is 15.0 Å². The van der Waals surface area contributed by atoms with Crippen LogP contribution in [-0.2, 0) is 0 Å². The van der Waals surface area contributed by atoms with E-state index in [1.54, 1.807) is 0 Å². The van der Waals surface area contributed by atoms with Crippen LogP contribution in [-0.4, -0.2) is 19.5 Å². The second-order valence-corrected chi connectivity index (χ2v) is 12.9. The first-order chi connectivity index (χ1) is 25.8. The number of aromatic nitrogens is 4. The largest absolute Gasteiger partial charge is 0.309 e. The molecule has 10 aromatic rings. The fourth-order valence-corrected chi connectivity index (χ4v) is 7.35.